The molecule has 58 valence electrons. The Hall–Kier alpha value is -0.610. The van der Waals surface area contributed by atoms with E-state index in [1.807, 2.05) is 0 Å². The normalized spacial score (nSPS) is 26.8. The van der Waals surface area contributed by atoms with Crippen LogP contribution < -0.4 is 5.43 Å². The number of nitrogens with one attached hydrogen (secondary N) is 1. The summed E-state index contributed by atoms with van der Waals surface area (Å²) in [6.45, 7) is 2.77. The Morgan fingerprint density at radius 3 is 2.90 bits per heavy atom. The second kappa shape index (κ2) is 2.98. The quantitative estimate of drug-likeness (QED) is 0.501. The Balaban J connectivity index is 2.24. The van der Waals surface area contributed by atoms with Crippen molar-refractivity contribution in [3.8, 4) is 0 Å². The van der Waals surface area contributed by atoms with Gasteiger partial charge < -0.3 is 5.11 Å². The molecule has 1 heterocycles. The average Bonchev–Trinajstić information content (AvgIpc) is 2.13. The van der Waals surface area contributed by atoms with Crippen LogP contribution >= 0.6 is 0 Å². The van der Waals surface area contributed by atoms with Crippen LogP contribution in [0.2, 0.25) is 0 Å². The van der Waals surface area contributed by atoms with Crippen LogP contribution in [0, 0.1) is 0 Å². The van der Waals surface area contributed by atoms with Crippen LogP contribution in [-0.2, 0) is 4.79 Å². The minimum absolute atomic E-state index is 0.0749. The second-order valence-corrected chi connectivity index (χ2v) is 2.56. The van der Waals surface area contributed by atoms with E-state index in [2.05, 4.69) is 5.43 Å². The molecule has 0 aliphatic carbocycles. The van der Waals surface area contributed by atoms with E-state index in [0.29, 0.717) is 6.54 Å². The fraction of sp³-hybridized carbons (Fsp3) is 0.833. The van der Waals surface area contributed by atoms with Crippen molar-refractivity contribution in [1.82, 2.24) is 10.4 Å². The van der Waals surface area contributed by atoms with Crippen molar-refractivity contribution < 1.29 is 9.90 Å². The third kappa shape index (κ3) is 1.97. The third-order valence-corrected chi connectivity index (χ3v) is 1.48. The predicted octanol–water partition coefficient (Wildman–Crippen LogP) is -0.896. The van der Waals surface area contributed by atoms with Crippen LogP contribution in [0.25, 0.3) is 0 Å². The van der Waals surface area contributed by atoms with Gasteiger partial charge in [-0.15, -0.1) is 0 Å². The van der Waals surface area contributed by atoms with Gasteiger partial charge in [0.1, 0.15) is 0 Å². The zero-order chi connectivity index (χ0) is 7.56. The van der Waals surface area contributed by atoms with Gasteiger partial charge in [0.25, 0.3) is 0 Å². The van der Waals surface area contributed by atoms with Crippen molar-refractivity contribution in [3.63, 3.8) is 0 Å². The lowest BCUT2D eigenvalue weighted by molar-refractivity contribution is -0.123. The first-order chi connectivity index (χ1) is 4.68. The molecule has 0 radical (unpaired) electrons. The summed E-state index contributed by atoms with van der Waals surface area (Å²) in [5.74, 6) is -0.0749. The highest BCUT2D eigenvalue weighted by molar-refractivity contribution is 5.72. The molecule has 0 spiro atoms. The number of aliphatic hydroxyl groups is 1. The molecular weight excluding hydrogens is 132 g/mol. The average molecular weight is 144 g/mol. The molecule has 4 heteroatoms. The largest absolute Gasteiger partial charge is 0.392 e. The molecule has 0 aromatic carbocycles. The summed E-state index contributed by atoms with van der Waals surface area (Å²) >= 11 is 0. The number of aliphatic hydroxyl groups excluding tert-OH is 1. The van der Waals surface area contributed by atoms with Gasteiger partial charge in [0.15, 0.2) is 0 Å². The number of hydrogen-bond acceptors (Lipinski definition) is 3. The monoisotopic (exact) mass is 144 g/mol. The lowest BCUT2D eigenvalue weighted by Crippen LogP contribution is -2.39. The van der Waals surface area contributed by atoms with E-state index in [1.54, 1.807) is 5.01 Å². The Kier molecular flexibility index (Phi) is 2.24. The van der Waals surface area contributed by atoms with E-state index < -0.39 is 0 Å². The van der Waals surface area contributed by atoms with E-state index in [4.69, 9.17) is 5.11 Å². The van der Waals surface area contributed by atoms with Crippen molar-refractivity contribution in [2.24, 2.45) is 0 Å². The maximum Gasteiger partial charge on any atom is 0.231 e. The second-order valence-electron chi connectivity index (χ2n) is 2.56. The van der Waals surface area contributed by atoms with Gasteiger partial charge in [-0.3, -0.25) is 10.2 Å². The summed E-state index contributed by atoms with van der Waals surface area (Å²) in [5.41, 5.74) is 2.61. The maximum absolute atomic E-state index is 10.5. The lowest BCUT2D eigenvalue weighted by atomic mass is 10.3. The Morgan fingerprint density at radius 2 is 2.50 bits per heavy atom. The predicted molar refractivity (Wildman–Crippen MR) is 36.0 cm³/mol. The first-order valence-corrected chi connectivity index (χ1v) is 3.38. The smallest absolute Gasteiger partial charge is 0.231 e. The van der Waals surface area contributed by atoms with Crippen LogP contribution in [0.3, 0.4) is 0 Å². The van der Waals surface area contributed by atoms with E-state index in [1.165, 1.54) is 6.92 Å². The van der Waals surface area contributed by atoms with Crippen LogP contribution in [0.15, 0.2) is 0 Å². The summed E-state index contributed by atoms with van der Waals surface area (Å²) < 4.78 is 0. The number of carbonyl (C=O) groups excluding carboxylic acids is 1. The summed E-state index contributed by atoms with van der Waals surface area (Å²) in [4.78, 5) is 10.5. The molecule has 2 N–H and O–H groups in total. The number of nitrogens with zero attached hydrogens (tertiary/aromatic N) is 1. The van der Waals surface area contributed by atoms with Crippen molar-refractivity contribution in [1.29, 1.82) is 0 Å². The van der Waals surface area contributed by atoms with E-state index in [9.17, 15) is 4.79 Å². The molecule has 4 nitrogen and oxygen atoms in total. The number of β-amino-alcohol motifs (C(OH)–C–C–N with tert-alkyl or cyclic N) is 1. The fourth-order valence-corrected chi connectivity index (χ4v) is 1.07. The highest BCUT2D eigenvalue weighted by atomic mass is 16.3. The summed E-state index contributed by atoms with van der Waals surface area (Å²) in [6, 6.07) is 0. The first kappa shape index (κ1) is 7.50. The van der Waals surface area contributed by atoms with E-state index in [0.717, 1.165) is 13.0 Å². The minimum Gasteiger partial charge on any atom is -0.392 e. The summed E-state index contributed by atoms with van der Waals surface area (Å²) in [7, 11) is 0. The molecule has 10 heavy (non-hydrogen) atoms. The fourth-order valence-electron chi connectivity index (χ4n) is 1.07. The molecular formula is C6H12N2O2. The van der Waals surface area contributed by atoms with Crippen LogP contribution in [0.4, 0.5) is 0 Å². The van der Waals surface area contributed by atoms with Gasteiger partial charge in [-0.2, -0.15) is 0 Å². The molecule has 0 aromatic rings. The highest BCUT2D eigenvalue weighted by Crippen LogP contribution is 2.04. The van der Waals surface area contributed by atoms with E-state index >= 15 is 0 Å². The SMILES string of the molecule is CC(=O)NN1CCC(O)C1. The van der Waals surface area contributed by atoms with Gasteiger partial charge in [-0.25, -0.2) is 5.01 Å². The molecule has 1 saturated heterocycles. The van der Waals surface area contributed by atoms with Crippen LogP contribution in [0.5, 0.6) is 0 Å². The van der Waals surface area contributed by atoms with Crippen molar-refractivity contribution >= 4 is 5.91 Å². The number of hydrogen-bond donors (Lipinski definition) is 2. The van der Waals surface area contributed by atoms with Gasteiger partial charge in [-0.1, -0.05) is 0 Å². The molecule has 1 aliphatic rings. The molecule has 1 unspecified atom stereocenters. The van der Waals surface area contributed by atoms with Crippen molar-refractivity contribution in [2.75, 3.05) is 13.1 Å². The summed E-state index contributed by atoms with van der Waals surface area (Å²) in [6.07, 6.45) is 0.479. The molecule has 1 amide bonds. The lowest BCUT2D eigenvalue weighted by Gasteiger charge is -2.14. The zero-order valence-electron chi connectivity index (χ0n) is 6.00. The number of carbonyl (C=O) groups is 1. The first-order valence-electron chi connectivity index (χ1n) is 3.38. The number of hydrazine groups is 1. The number of amides is 1. The van der Waals surface area contributed by atoms with Crippen LogP contribution in [0.1, 0.15) is 13.3 Å². The van der Waals surface area contributed by atoms with Crippen molar-refractivity contribution in [3.05, 3.63) is 0 Å². The Labute approximate surface area is 59.8 Å². The topological polar surface area (TPSA) is 52.6 Å². The molecule has 0 bridgehead atoms. The highest BCUT2D eigenvalue weighted by Gasteiger charge is 2.19. The maximum atomic E-state index is 10.5. The van der Waals surface area contributed by atoms with Crippen molar-refractivity contribution in [2.45, 2.75) is 19.4 Å². The van der Waals surface area contributed by atoms with Gasteiger partial charge in [-0.05, 0) is 6.42 Å². The zero-order valence-corrected chi connectivity index (χ0v) is 6.00. The molecule has 1 rings (SSSR count). The van der Waals surface area contributed by atoms with Gasteiger partial charge in [0, 0.05) is 20.0 Å². The van der Waals surface area contributed by atoms with Gasteiger partial charge >= 0.3 is 0 Å². The minimum atomic E-state index is -0.271. The number of rotatable bonds is 1. The van der Waals surface area contributed by atoms with E-state index in [-0.39, 0.29) is 12.0 Å². The van der Waals surface area contributed by atoms with Crippen LogP contribution in [-0.4, -0.2) is 35.2 Å². The van der Waals surface area contributed by atoms with Gasteiger partial charge in [0.05, 0.1) is 6.10 Å². The Morgan fingerprint density at radius 1 is 1.80 bits per heavy atom. The van der Waals surface area contributed by atoms with Gasteiger partial charge in [0.2, 0.25) is 5.91 Å². The molecule has 1 aliphatic heterocycles. The standard InChI is InChI=1S/C6H12N2O2/c1-5(9)7-8-3-2-6(10)4-8/h6,10H,2-4H2,1H3,(H,7,9). The molecule has 0 aromatic heterocycles. The Bertz CT molecular complexity index is 138. The molecule has 1 fully saturated rings. The molecule has 0 saturated carbocycles. The molecule has 1 atom stereocenters. The third-order valence-electron chi connectivity index (χ3n) is 1.48. The summed E-state index contributed by atoms with van der Waals surface area (Å²) in [5, 5.41) is 10.7.